The minimum atomic E-state index is 0.0422. The van der Waals surface area contributed by atoms with Crippen molar-refractivity contribution in [3.63, 3.8) is 0 Å². The standard InChI is InChI=1S/C25H38N2OS/c1-2-3-4-5-6-7-8-9-10-11-16-27-25(28)24-14-12-13-22(18-24)19-26-20-23-15-17-29-21-23/h12-15,17-18,21,26H,2-11,16,19-20H2,1H3,(H,27,28). The second-order valence-electron chi connectivity index (χ2n) is 7.87. The van der Waals surface area contributed by atoms with Crippen molar-refractivity contribution in [1.82, 2.24) is 10.6 Å². The lowest BCUT2D eigenvalue weighted by molar-refractivity contribution is 0.0953. The SMILES string of the molecule is CCCCCCCCCCCCNC(=O)c1cccc(CNCc2ccsc2)c1. The Morgan fingerprint density at radius 1 is 0.862 bits per heavy atom. The van der Waals surface area contributed by atoms with Crippen molar-refractivity contribution in [3.05, 3.63) is 57.8 Å². The highest BCUT2D eigenvalue weighted by Gasteiger charge is 2.05. The van der Waals surface area contributed by atoms with Gasteiger partial charge in [-0.05, 0) is 46.5 Å². The second-order valence-corrected chi connectivity index (χ2v) is 8.65. The lowest BCUT2D eigenvalue weighted by Gasteiger charge is -2.08. The summed E-state index contributed by atoms with van der Waals surface area (Å²) in [7, 11) is 0. The van der Waals surface area contributed by atoms with Gasteiger partial charge < -0.3 is 10.6 Å². The molecule has 0 saturated carbocycles. The van der Waals surface area contributed by atoms with Crippen LogP contribution in [-0.4, -0.2) is 12.5 Å². The summed E-state index contributed by atoms with van der Waals surface area (Å²) in [5.41, 5.74) is 3.21. The first-order valence-electron chi connectivity index (χ1n) is 11.4. The van der Waals surface area contributed by atoms with Crippen molar-refractivity contribution in [2.45, 2.75) is 84.2 Å². The lowest BCUT2D eigenvalue weighted by atomic mass is 10.1. The number of rotatable bonds is 16. The van der Waals surface area contributed by atoms with E-state index in [9.17, 15) is 4.79 Å². The van der Waals surface area contributed by atoms with Crippen molar-refractivity contribution < 1.29 is 4.79 Å². The molecular formula is C25H38N2OS. The van der Waals surface area contributed by atoms with Crippen LogP contribution in [0.15, 0.2) is 41.1 Å². The van der Waals surface area contributed by atoms with E-state index < -0.39 is 0 Å². The summed E-state index contributed by atoms with van der Waals surface area (Å²) in [4.78, 5) is 12.4. The molecule has 1 amide bonds. The first kappa shape index (κ1) is 23.6. The summed E-state index contributed by atoms with van der Waals surface area (Å²) in [6.45, 7) is 4.67. The van der Waals surface area contributed by atoms with E-state index in [-0.39, 0.29) is 5.91 Å². The topological polar surface area (TPSA) is 41.1 Å². The molecule has 2 rings (SSSR count). The Morgan fingerprint density at radius 3 is 2.24 bits per heavy atom. The zero-order valence-corrected chi connectivity index (χ0v) is 18.9. The van der Waals surface area contributed by atoms with E-state index in [1.165, 1.54) is 63.4 Å². The van der Waals surface area contributed by atoms with Gasteiger partial charge in [-0.3, -0.25) is 4.79 Å². The molecular weight excluding hydrogens is 376 g/mol. The molecule has 0 saturated heterocycles. The molecule has 2 aromatic rings. The zero-order chi connectivity index (χ0) is 20.6. The summed E-state index contributed by atoms with van der Waals surface area (Å²) in [5.74, 6) is 0.0422. The Labute approximate surface area is 181 Å². The number of carbonyl (C=O) groups is 1. The maximum Gasteiger partial charge on any atom is 0.251 e. The van der Waals surface area contributed by atoms with E-state index in [2.05, 4.69) is 40.5 Å². The van der Waals surface area contributed by atoms with E-state index in [1.807, 2.05) is 18.2 Å². The van der Waals surface area contributed by atoms with Crippen LogP contribution < -0.4 is 10.6 Å². The fourth-order valence-electron chi connectivity index (χ4n) is 3.48. The number of amides is 1. The van der Waals surface area contributed by atoms with Crippen molar-refractivity contribution in [3.8, 4) is 0 Å². The Morgan fingerprint density at radius 2 is 1.55 bits per heavy atom. The third-order valence-corrected chi connectivity index (χ3v) is 5.98. The highest BCUT2D eigenvalue weighted by molar-refractivity contribution is 7.07. The molecule has 0 unspecified atom stereocenters. The monoisotopic (exact) mass is 414 g/mol. The minimum Gasteiger partial charge on any atom is -0.352 e. The Bertz CT molecular complexity index is 669. The second kappa shape index (κ2) is 15.2. The van der Waals surface area contributed by atoms with E-state index in [4.69, 9.17) is 0 Å². The van der Waals surface area contributed by atoms with Gasteiger partial charge in [0.05, 0.1) is 0 Å². The molecule has 3 nitrogen and oxygen atoms in total. The van der Waals surface area contributed by atoms with Gasteiger partial charge in [0.25, 0.3) is 5.91 Å². The predicted octanol–water partition coefficient (Wildman–Crippen LogP) is 6.69. The van der Waals surface area contributed by atoms with Crippen LogP contribution in [0.4, 0.5) is 0 Å². The Kier molecular flexibility index (Phi) is 12.4. The average Bonchev–Trinajstić information content (AvgIpc) is 3.25. The molecule has 0 aliphatic heterocycles. The maximum absolute atomic E-state index is 12.4. The van der Waals surface area contributed by atoms with E-state index in [0.717, 1.165) is 37.2 Å². The molecule has 1 aromatic heterocycles. The summed E-state index contributed by atoms with van der Waals surface area (Å²) in [5, 5.41) is 10.8. The number of carbonyl (C=O) groups excluding carboxylic acids is 1. The molecule has 4 heteroatoms. The molecule has 0 bridgehead atoms. The van der Waals surface area contributed by atoms with E-state index in [0.29, 0.717) is 0 Å². The van der Waals surface area contributed by atoms with Crippen molar-refractivity contribution in [2.75, 3.05) is 6.54 Å². The summed E-state index contributed by atoms with van der Waals surface area (Å²) >= 11 is 1.72. The van der Waals surface area contributed by atoms with Crippen molar-refractivity contribution in [2.24, 2.45) is 0 Å². The van der Waals surface area contributed by atoms with Crippen LogP contribution >= 0.6 is 11.3 Å². The van der Waals surface area contributed by atoms with Crippen molar-refractivity contribution >= 4 is 17.2 Å². The number of benzene rings is 1. The van der Waals surface area contributed by atoms with Crippen LogP contribution in [0.1, 0.15) is 92.6 Å². The maximum atomic E-state index is 12.4. The first-order valence-corrected chi connectivity index (χ1v) is 12.3. The fraction of sp³-hybridized carbons (Fsp3) is 0.560. The molecule has 160 valence electrons. The van der Waals surface area contributed by atoms with Gasteiger partial charge in [0.2, 0.25) is 0 Å². The predicted molar refractivity (Wildman–Crippen MR) is 125 cm³/mol. The molecule has 0 radical (unpaired) electrons. The highest BCUT2D eigenvalue weighted by atomic mass is 32.1. The zero-order valence-electron chi connectivity index (χ0n) is 18.1. The molecule has 0 aliphatic carbocycles. The van der Waals surface area contributed by atoms with Gasteiger partial charge in [-0.2, -0.15) is 11.3 Å². The number of nitrogens with one attached hydrogen (secondary N) is 2. The van der Waals surface area contributed by atoms with Crippen LogP contribution in [0.2, 0.25) is 0 Å². The first-order chi connectivity index (χ1) is 14.3. The molecule has 1 aromatic carbocycles. The number of unbranched alkanes of at least 4 members (excludes halogenated alkanes) is 9. The van der Waals surface area contributed by atoms with E-state index in [1.54, 1.807) is 11.3 Å². The lowest BCUT2D eigenvalue weighted by Crippen LogP contribution is -2.24. The third-order valence-electron chi connectivity index (χ3n) is 5.24. The largest absolute Gasteiger partial charge is 0.352 e. The minimum absolute atomic E-state index is 0.0422. The average molecular weight is 415 g/mol. The molecule has 0 atom stereocenters. The molecule has 29 heavy (non-hydrogen) atoms. The molecule has 0 fully saturated rings. The van der Waals surface area contributed by atoms with Crippen LogP contribution in [0.25, 0.3) is 0 Å². The third kappa shape index (κ3) is 10.6. The van der Waals surface area contributed by atoms with Crippen LogP contribution in [0, 0.1) is 0 Å². The Hall–Kier alpha value is -1.65. The van der Waals surface area contributed by atoms with Crippen molar-refractivity contribution in [1.29, 1.82) is 0 Å². The van der Waals surface area contributed by atoms with Crippen LogP contribution in [-0.2, 0) is 13.1 Å². The number of hydrogen-bond acceptors (Lipinski definition) is 3. The fourth-order valence-corrected chi connectivity index (χ4v) is 4.15. The van der Waals surface area contributed by atoms with Crippen LogP contribution in [0.5, 0.6) is 0 Å². The molecule has 2 N–H and O–H groups in total. The smallest absolute Gasteiger partial charge is 0.251 e. The summed E-state index contributed by atoms with van der Waals surface area (Å²) < 4.78 is 0. The molecule has 1 heterocycles. The van der Waals surface area contributed by atoms with E-state index >= 15 is 0 Å². The van der Waals surface area contributed by atoms with Crippen LogP contribution in [0.3, 0.4) is 0 Å². The number of thiophene rings is 1. The van der Waals surface area contributed by atoms with Gasteiger partial charge in [-0.25, -0.2) is 0 Å². The summed E-state index contributed by atoms with van der Waals surface area (Å²) in [6, 6.07) is 10.1. The summed E-state index contributed by atoms with van der Waals surface area (Å²) in [6.07, 6.45) is 13.1. The van der Waals surface area contributed by atoms with Gasteiger partial charge in [0.1, 0.15) is 0 Å². The number of hydrogen-bond donors (Lipinski definition) is 2. The molecule has 0 aliphatic rings. The van der Waals surface area contributed by atoms with Gasteiger partial charge in [-0.15, -0.1) is 0 Å². The van der Waals surface area contributed by atoms with Gasteiger partial charge in [0, 0.05) is 25.2 Å². The highest BCUT2D eigenvalue weighted by Crippen LogP contribution is 2.11. The van der Waals surface area contributed by atoms with Gasteiger partial charge >= 0.3 is 0 Å². The van der Waals surface area contributed by atoms with Gasteiger partial charge in [0.15, 0.2) is 0 Å². The molecule has 0 spiro atoms. The quantitative estimate of drug-likeness (QED) is 0.300. The normalized spacial score (nSPS) is 10.9. The van der Waals surface area contributed by atoms with Gasteiger partial charge in [-0.1, -0.05) is 76.8 Å². The Balaban J connectivity index is 1.53.